The number of piperidine rings is 1. The highest BCUT2D eigenvalue weighted by Crippen LogP contribution is 2.24. The van der Waals surface area contributed by atoms with Crippen LogP contribution in [0.2, 0.25) is 5.02 Å². The third-order valence-corrected chi connectivity index (χ3v) is 5.00. The molecule has 1 aromatic carbocycles. The maximum Gasteiger partial charge on any atom is 0.317 e. The molecule has 0 aromatic heterocycles. The molecule has 3 rings (SSSR count). The van der Waals surface area contributed by atoms with Gasteiger partial charge in [0, 0.05) is 36.8 Å². The van der Waals surface area contributed by atoms with Crippen molar-refractivity contribution in [3.8, 4) is 0 Å². The van der Waals surface area contributed by atoms with E-state index in [1.54, 1.807) is 17.0 Å². The van der Waals surface area contributed by atoms with Crippen molar-refractivity contribution < 1.29 is 9.59 Å². The molecule has 5 nitrogen and oxygen atoms in total. The number of halogens is 1. The molecule has 1 N–H and O–H groups in total. The topological polar surface area (TPSA) is 52.7 Å². The number of amides is 3. The molecule has 3 amide bonds. The van der Waals surface area contributed by atoms with Gasteiger partial charge in [0.25, 0.3) is 0 Å². The molecular formula is C18H24ClN3O2. The maximum atomic E-state index is 12.5. The van der Waals surface area contributed by atoms with Crippen LogP contribution in [0, 0.1) is 11.8 Å². The van der Waals surface area contributed by atoms with Gasteiger partial charge in [-0.05, 0) is 42.5 Å². The molecular weight excluding hydrogens is 326 g/mol. The smallest absolute Gasteiger partial charge is 0.317 e. The molecule has 0 spiro atoms. The van der Waals surface area contributed by atoms with Gasteiger partial charge in [0.15, 0.2) is 0 Å². The predicted molar refractivity (Wildman–Crippen MR) is 95.3 cm³/mol. The minimum atomic E-state index is -0.145. The number of carbonyl (C=O) groups is 2. The molecule has 2 heterocycles. The highest BCUT2D eigenvalue weighted by Gasteiger charge is 2.33. The van der Waals surface area contributed by atoms with Crippen LogP contribution in [-0.4, -0.2) is 42.5 Å². The van der Waals surface area contributed by atoms with Gasteiger partial charge in [0.2, 0.25) is 5.91 Å². The van der Waals surface area contributed by atoms with Crippen LogP contribution in [0.4, 0.5) is 10.5 Å². The summed E-state index contributed by atoms with van der Waals surface area (Å²) in [6, 6.07) is 7.01. The molecule has 130 valence electrons. The third-order valence-electron chi connectivity index (χ3n) is 4.75. The molecule has 2 fully saturated rings. The Hall–Kier alpha value is -1.75. The normalized spacial score (nSPS) is 27.5. The fourth-order valence-corrected chi connectivity index (χ4v) is 3.90. The van der Waals surface area contributed by atoms with Crippen LogP contribution in [0.3, 0.4) is 0 Å². The summed E-state index contributed by atoms with van der Waals surface area (Å²) >= 11 is 5.90. The van der Waals surface area contributed by atoms with Crippen molar-refractivity contribution in [2.24, 2.45) is 11.8 Å². The zero-order valence-electron chi connectivity index (χ0n) is 14.2. The van der Waals surface area contributed by atoms with Crippen LogP contribution in [0.25, 0.3) is 0 Å². The number of urea groups is 1. The van der Waals surface area contributed by atoms with Crippen LogP contribution in [0.15, 0.2) is 24.3 Å². The van der Waals surface area contributed by atoms with Crippen molar-refractivity contribution in [3.05, 3.63) is 29.3 Å². The van der Waals surface area contributed by atoms with Crippen LogP contribution >= 0.6 is 11.6 Å². The van der Waals surface area contributed by atoms with Gasteiger partial charge in [0.1, 0.15) is 0 Å². The minimum Gasteiger partial charge on any atom is -0.333 e. The highest BCUT2D eigenvalue weighted by atomic mass is 35.5. The van der Waals surface area contributed by atoms with E-state index in [1.807, 2.05) is 17.0 Å². The molecule has 0 aliphatic carbocycles. The second-order valence-corrected chi connectivity index (χ2v) is 7.62. The first-order valence-electron chi connectivity index (χ1n) is 8.53. The Labute approximate surface area is 147 Å². The molecule has 6 heteroatoms. The fourth-order valence-electron chi connectivity index (χ4n) is 3.77. The monoisotopic (exact) mass is 349 g/mol. The molecule has 24 heavy (non-hydrogen) atoms. The Morgan fingerprint density at radius 2 is 1.75 bits per heavy atom. The summed E-state index contributed by atoms with van der Waals surface area (Å²) < 4.78 is 0. The second-order valence-electron chi connectivity index (χ2n) is 7.18. The lowest BCUT2D eigenvalue weighted by atomic mass is 9.92. The number of hydrogen-bond donors (Lipinski definition) is 1. The van der Waals surface area contributed by atoms with Crippen molar-refractivity contribution >= 4 is 29.2 Å². The highest BCUT2D eigenvalue weighted by molar-refractivity contribution is 6.30. The lowest BCUT2D eigenvalue weighted by Crippen LogP contribution is -2.50. The van der Waals surface area contributed by atoms with Crippen LogP contribution in [0.5, 0.6) is 0 Å². The van der Waals surface area contributed by atoms with Crippen molar-refractivity contribution in [1.29, 1.82) is 0 Å². The summed E-state index contributed by atoms with van der Waals surface area (Å²) in [5.74, 6) is 1.08. The Bertz CT molecular complexity index is 609. The Balaban J connectivity index is 1.59. The van der Waals surface area contributed by atoms with E-state index in [0.717, 1.165) is 25.2 Å². The zero-order valence-corrected chi connectivity index (χ0v) is 14.9. The van der Waals surface area contributed by atoms with Gasteiger partial charge in [0.05, 0.1) is 6.04 Å². The second kappa shape index (κ2) is 7.01. The Kier molecular flexibility index (Phi) is 4.99. The zero-order chi connectivity index (χ0) is 17.3. The van der Waals surface area contributed by atoms with E-state index in [9.17, 15) is 9.59 Å². The molecule has 1 aromatic rings. The number of hydrogen-bond acceptors (Lipinski definition) is 2. The summed E-state index contributed by atoms with van der Waals surface area (Å²) in [5.41, 5.74) is 0.821. The van der Waals surface area contributed by atoms with Crippen LogP contribution < -0.4 is 10.2 Å². The number of carbonyl (C=O) groups excluding carboxylic acids is 2. The van der Waals surface area contributed by atoms with E-state index >= 15 is 0 Å². The lowest BCUT2D eigenvalue weighted by molar-refractivity contribution is -0.117. The number of likely N-dealkylation sites (tertiary alicyclic amines) is 1. The molecule has 0 unspecified atom stereocenters. The largest absolute Gasteiger partial charge is 0.333 e. The van der Waals surface area contributed by atoms with E-state index in [1.165, 1.54) is 0 Å². The van der Waals surface area contributed by atoms with Crippen molar-refractivity contribution in [2.75, 3.05) is 24.5 Å². The first-order chi connectivity index (χ1) is 11.4. The molecule has 3 atom stereocenters. The number of nitrogens with zero attached hydrogens (tertiary/aromatic N) is 2. The third kappa shape index (κ3) is 3.83. The summed E-state index contributed by atoms with van der Waals surface area (Å²) in [5, 5.41) is 3.67. The number of benzene rings is 1. The average molecular weight is 350 g/mol. The maximum absolute atomic E-state index is 12.5. The summed E-state index contributed by atoms with van der Waals surface area (Å²) in [6.45, 7) is 6.44. The van der Waals surface area contributed by atoms with Crippen LogP contribution in [-0.2, 0) is 4.79 Å². The fraction of sp³-hybridized carbons (Fsp3) is 0.556. The molecule has 2 aliphatic rings. The predicted octanol–water partition coefficient (Wildman–Crippen LogP) is 3.13. The molecule has 0 bridgehead atoms. The van der Waals surface area contributed by atoms with E-state index in [-0.39, 0.29) is 18.0 Å². The molecule has 0 radical (unpaired) electrons. The van der Waals surface area contributed by atoms with Gasteiger partial charge < -0.3 is 15.1 Å². The van der Waals surface area contributed by atoms with Gasteiger partial charge >= 0.3 is 6.03 Å². The molecule has 2 saturated heterocycles. The summed E-state index contributed by atoms with van der Waals surface area (Å²) in [4.78, 5) is 28.4. The Morgan fingerprint density at radius 1 is 1.12 bits per heavy atom. The number of rotatable bonds is 2. The molecule has 2 aliphatic heterocycles. The summed E-state index contributed by atoms with van der Waals surface area (Å²) in [7, 11) is 0. The van der Waals surface area contributed by atoms with Gasteiger partial charge in [-0.15, -0.1) is 0 Å². The average Bonchev–Trinajstić information content (AvgIpc) is 2.87. The standard InChI is InChI=1S/C18H24ClN3O2/c1-12-7-13(2)10-21(9-12)18(24)20-15-8-17(23)22(11-15)16-5-3-14(19)4-6-16/h3-6,12-13,15H,7-11H2,1-2H3,(H,20,24)/t12-,13+,15-/m1/s1. The number of anilines is 1. The van der Waals surface area contributed by atoms with Gasteiger partial charge in [-0.2, -0.15) is 0 Å². The van der Waals surface area contributed by atoms with E-state index in [4.69, 9.17) is 11.6 Å². The quantitative estimate of drug-likeness (QED) is 0.891. The Morgan fingerprint density at radius 3 is 2.38 bits per heavy atom. The summed E-state index contributed by atoms with van der Waals surface area (Å²) in [6.07, 6.45) is 1.50. The van der Waals surface area contributed by atoms with Crippen molar-refractivity contribution in [3.63, 3.8) is 0 Å². The van der Waals surface area contributed by atoms with Crippen molar-refractivity contribution in [1.82, 2.24) is 10.2 Å². The first-order valence-corrected chi connectivity index (χ1v) is 8.91. The SMILES string of the molecule is C[C@@H]1C[C@H](C)CN(C(=O)N[C@@H]2CC(=O)N(c3ccc(Cl)cc3)C2)C1. The van der Waals surface area contributed by atoms with Gasteiger partial charge in [-0.3, -0.25) is 4.79 Å². The van der Waals surface area contributed by atoms with Crippen LogP contribution in [0.1, 0.15) is 26.7 Å². The van der Waals surface area contributed by atoms with E-state index in [2.05, 4.69) is 19.2 Å². The van der Waals surface area contributed by atoms with Crippen molar-refractivity contribution in [2.45, 2.75) is 32.7 Å². The van der Waals surface area contributed by atoms with E-state index in [0.29, 0.717) is 29.8 Å². The first kappa shape index (κ1) is 17.1. The lowest BCUT2D eigenvalue weighted by Gasteiger charge is -2.35. The van der Waals surface area contributed by atoms with Gasteiger partial charge in [-0.25, -0.2) is 4.79 Å². The minimum absolute atomic E-state index is 0.0306. The van der Waals surface area contributed by atoms with Gasteiger partial charge in [-0.1, -0.05) is 25.4 Å². The van der Waals surface area contributed by atoms with E-state index < -0.39 is 0 Å². The number of nitrogens with one attached hydrogen (secondary N) is 1. The molecule has 0 saturated carbocycles.